The minimum absolute atomic E-state index is 0.366. The van der Waals surface area contributed by atoms with Crippen molar-refractivity contribution in [3.8, 4) is 5.82 Å². The van der Waals surface area contributed by atoms with Crippen molar-refractivity contribution in [1.82, 2.24) is 14.8 Å². The van der Waals surface area contributed by atoms with Gasteiger partial charge in [-0.25, -0.2) is 14.1 Å². The Morgan fingerprint density at radius 2 is 1.77 bits per heavy atom. The van der Waals surface area contributed by atoms with Crippen LogP contribution in [0.2, 0.25) is 0 Å². The Balaban J connectivity index is 1.83. The van der Waals surface area contributed by atoms with Gasteiger partial charge in [0.2, 0.25) is 0 Å². The van der Waals surface area contributed by atoms with E-state index in [0.717, 1.165) is 11.2 Å². The van der Waals surface area contributed by atoms with E-state index in [1.165, 1.54) is 6.07 Å². The van der Waals surface area contributed by atoms with Crippen molar-refractivity contribution in [2.75, 3.05) is 0 Å². The number of hydrogen-bond donors (Lipinski definition) is 0. The van der Waals surface area contributed by atoms with Crippen LogP contribution in [-0.4, -0.2) is 33.1 Å². The van der Waals surface area contributed by atoms with Gasteiger partial charge in [-0.15, -0.1) is 0 Å². The van der Waals surface area contributed by atoms with Gasteiger partial charge in [0.1, 0.15) is 5.82 Å². The van der Waals surface area contributed by atoms with E-state index in [0.29, 0.717) is 16.7 Å². The Morgan fingerprint density at radius 1 is 1.08 bits per heavy atom. The molecule has 0 atom stereocenters. The van der Waals surface area contributed by atoms with Crippen molar-refractivity contribution in [2.24, 2.45) is 0 Å². The molecule has 1 saturated heterocycles. The largest absolute Gasteiger partial charge is 0.497 e. The number of rotatable bonds is 2. The van der Waals surface area contributed by atoms with E-state index in [1.54, 1.807) is 16.9 Å². The molecule has 1 aromatic carbocycles. The van der Waals surface area contributed by atoms with Gasteiger partial charge in [-0.05, 0) is 58.9 Å². The molecule has 1 aliphatic heterocycles. The van der Waals surface area contributed by atoms with Gasteiger partial charge in [0.05, 0.1) is 22.9 Å². The fourth-order valence-electron chi connectivity index (χ4n) is 3.04. The number of aryl methyl sites for hydroxylation is 1. The lowest BCUT2D eigenvalue weighted by atomic mass is 9.78. The van der Waals surface area contributed by atoms with E-state index >= 15 is 0 Å². The molecule has 1 aliphatic rings. The fourth-order valence-corrected chi connectivity index (χ4v) is 3.04. The molecular formula is C19H21BFN3O2. The fraction of sp³-hybridized carbons (Fsp3) is 0.368. The Hall–Kier alpha value is -2.25. The third-order valence-corrected chi connectivity index (χ3v) is 5.28. The predicted octanol–water partition coefficient (Wildman–Crippen LogP) is 3.17. The number of hydrogen-bond acceptors (Lipinski definition) is 4. The molecule has 26 heavy (non-hydrogen) atoms. The first kappa shape index (κ1) is 17.2. The second-order valence-corrected chi connectivity index (χ2v) is 7.71. The van der Waals surface area contributed by atoms with Crippen LogP contribution in [0.1, 0.15) is 33.4 Å². The lowest BCUT2D eigenvalue weighted by molar-refractivity contribution is 0.00578. The van der Waals surface area contributed by atoms with Gasteiger partial charge in [-0.2, -0.15) is 5.10 Å². The van der Waals surface area contributed by atoms with E-state index in [4.69, 9.17) is 9.31 Å². The van der Waals surface area contributed by atoms with Crippen LogP contribution in [0, 0.1) is 12.7 Å². The summed E-state index contributed by atoms with van der Waals surface area (Å²) in [5.74, 6) is 0.319. The van der Waals surface area contributed by atoms with Crippen molar-refractivity contribution >= 4 is 23.5 Å². The SMILES string of the molecule is Cc1cccc(-n2ncc3cc(F)c(B4OC(C)(C)C(C)(C)O4)cc32)n1. The molecule has 0 N–H and O–H groups in total. The molecular weight excluding hydrogens is 332 g/mol. The minimum atomic E-state index is -0.766. The van der Waals surface area contributed by atoms with Crippen LogP contribution in [0.25, 0.3) is 16.7 Å². The summed E-state index contributed by atoms with van der Waals surface area (Å²) in [6.45, 7) is 9.72. The maximum Gasteiger partial charge on any atom is 0.497 e. The van der Waals surface area contributed by atoms with Gasteiger partial charge >= 0.3 is 7.12 Å². The molecule has 0 amide bonds. The molecule has 2 aromatic heterocycles. The third-order valence-electron chi connectivity index (χ3n) is 5.28. The summed E-state index contributed by atoms with van der Waals surface area (Å²) in [4.78, 5) is 4.51. The Kier molecular flexibility index (Phi) is 3.72. The second-order valence-electron chi connectivity index (χ2n) is 7.71. The quantitative estimate of drug-likeness (QED) is 0.664. The number of halogens is 1. The first-order valence-corrected chi connectivity index (χ1v) is 8.65. The molecule has 0 spiro atoms. The van der Waals surface area contributed by atoms with Crippen molar-refractivity contribution in [3.63, 3.8) is 0 Å². The summed E-state index contributed by atoms with van der Waals surface area (Å²) in [6.07, 6.45) is 1.64. The second kappa shape index (κ2) is 5.63. The number of nitrogens with zero attached hydrogens (tertiary/aromatic N) is 3. The predicted molar refractivity (Wildman–Crippen MR) is 99.3 cm³/mol. The third kappa shape index (κ3) is 2.62. The highest BCUT2D eigenvalue weighted by Gasteiger charge is 2.52. The van der Waals surface area contributed by atoms with Crippen molar-refractivity contribution in [3.05, 3.63) is 48.0 Å². The van der Waals surface area contributed by atoms with Crippen LogP contribution in [0.4, 0.5) is 4.39 Å². The van der Waals surface area contributed by atoms with Crippen LogP contribution < -0.4 is 5.46 Å². The molecule has 0 saturated carbocycles. The summed E-state index contributed by atoms with van der Waals surface area (Å²) >= 11 is 0. The highest BCUT2D eigenvalue weighted by Crippen LogP contribution is 2.37. The summed E-state index contributed by atoms with van der Waals surface area (Å²) in [7, 11) is -0.766. The maximum atomic E-state index is 14.7. The molecule has 134 valence electrons. The summed E-state index contributed by atoms with van der Waals surface area (Å²) in [5, 5.41) is 5.08. The van der Waals surface area contributed by atoms with Crippen LogP contribution in [0.5, 0.6) is 0 Å². The molecule has 4 rings (SSSR count). The van der Waals surface area contributed by atoms with E-state index in [9.17, 15) is 4.39 Å². The van der Waals surface area contributed by atoms with Crippen LogP contribution in [0.15, 0.2) is 36.5 Å². The first-order valence-electron chi connectivity index (χ1n) is 8.65. The van der Waals surface area contributed by atoms with Gasteiger partial charge in [-0.1, -0.05) is 6.07 Å². The van der Waals surface area contributed by atoms with Gasteiger partial charge in [0.25, 0.3) is 0 Å². The molecule has 0 bridgehead atoms. The maximum absolute atomic E-state index is 14.7. The zero-order valence-corrected chi connectivity index (χ0v) is 15.6. The summed E-state index contributed by atoms with van der Waals surface area (Å²) < 4.78 is 28.5. The number of aromatic nitrogens is 3. The normalized spacial score (nSPS) is 18.6. The Labute approximate surface area is 152 Å². The highest BCUT2D eigenvalue weighted by molar-refractivity contribution is 6.62. The molecule has 3 heterocycles. The van der Waals surface area contributed by atoms with E-state index in [-0.39, 0.29) is 5.82 Å². The van der Waals surface area contributed by atoms with Gasteiger partial charge < -0.3 is 9.31 Å². The lowest BCUT2D eigenvalue weighted by Gasteiger charge is -2.32. The first-order chi connectivity index (χ1) is 12.2. The summed E-state index contributed by atoms with van der Waals surface area (Å²) in [6, 6.07) is 8.92. The van der Waals surface area contributed by atoms with Crippen molar-refractivity contribution in [1.29, 1.82) is 0 Å². The van der Waals surface area contributed by atoms with Crippen LogP contribution in [-0.2, 0) is 9.31 Å². The number of fused-ring (bicyclic) bond motifs is 1. The average molecular weight is 353 g/mol. The molecule has 0 aliphatic carbocycles. The van der Waals surface area contributed by atoms with E-state index < -0.39 is 18.3 Å². The van der Waals surface area contributed by atoms with Crippen molar-refractivity contribution in [2.45, 2.75) is 45.8 Å². The topological polar surface area (TPSA) is 49.2 Å². The molecule has 3 aromatic rings. The molecule has 1 fully saturated rings. The zero-order chi connectivity index (χ0) is 18.7. The number of pyridine rings is 1. The molecule has 0 unspecified atom stereocenters. The van der Waals surface area contributed by atoms with Gasteiger partial charge in [0, 0.05) is 16.5 Å². The Bertz CT molecular complexity index is 984. The van der Waals surface area contributed by atoms with Crippen LogP contribution >= 0.6 is 0 Å². The smallest absolute Gasteiger partial charge is 0.399 e. The molecule has 0 radical (unpaired) electrons. The van der Waals surface area contributed by atoms with Crippen LogP contribution in [0.3, 0.4) is 0 Å². The summed E-state index contributed by atoms with van der Waals surface area (Å²) in [5.41, 5.74) is 0.952. The average Bonchev–Trinajstić information content (AvgIpc) is 3.04. The standard InChI is InChI=1S/C19H21BFN3O2/c1-12-7-6-8-17(23-12)24-16-10-14(15(21)9-13(16)11-22-24)20-25-18(2,3)19(4,5)26-20/h6-11H,1-5H3. The number of benzene rings is 1. The minimum Gasteiger partial charge on any atom is -0.399 e. The highest BCUT2D eigenvalue weighted by atomic mass is 19.1. The Morgan fingerprint density at radius 3 is 2.42 bits per heavy atom. The lowest BCUT2D eigenvalue weighted by Crippen LogP contribution is -2.41. The van der Waals surface area contributed by atoms with Gasteiger partial charge in [0.15, 0.2) is 5.82 Å². The van der Waals surface area contributed by atoms with Gasteiger partial charge in [-0.3, -0.25) is 0 Å². The van der Waals surface area contributed by atoms with Crippen molar-refractivity contribution < 1.29 is 13.7 Å². The zero-order valence-electron chi connectivity index (χ0n) is 15.6. The molecule has 5 nitrogen and oxygen atoms in total. The van der Waals surface area contributed by atoms with E-state index in [2.05, 4.69) is 10.1 Å². The van der Waals surface area contributed by atoms with E-state index in [1.807, 2.05) is 52.8 Å². The monoisotopic (exact) mass is 353 g/mol. The molecule has 7 heteroatoms.